The summed E-state index contributed by atoms with van der Waals surface area (Å²) in [5.74, 6) is 1.11. The van der Waals surface area contributed by atoms with E-state index in [-0.39, 0.29) is 37.0 Å². The van der Waals surface area contributed by atoms with Crippen LogP contribution in [-0.2, 0) is 9.59 Å². The lowest BCUT2D eigenvalue weighted by atomic mass is 9.82. The summed E-state index contributed by atoms with van der Waals surface area (Å²) in [6, 6.07) is 13.6. The molecular formula is C26H32O8. The maximum Gasteiger partial charge on any atom is 0.314 e. The summed E-state index contributed by atoms with van der Waals surface area (Å²) in [6.45, 7) is 0.995. The molecule has 0 radical (unpaired) electrons. The minimum atomic E-state index is -0.294. The van der Waals surface area contributed by atoms with E-state index in [1.807, 2.05) is 0 Å². The molecule has 1 saturated carbocycles. The Labute approximate surface area is 199 Å². The van der Waals surface area contributed by atoms with E-state index in [0.717, 1.165) is 0 Å². The van der Waals surface area contributed by atoms with Crippen LogP contribution in [0.4, 0.5) is 0 Å². The summed E-state index contributed by atoms with van der Waals surface area (Å²) in [6.07, 6.45) is 3.38. The molecule has 8 nitrogen and oxygen atoms in total. The van der Waals surface area contributed by atoms with Gasteiger partial charge in [0.2, 0.25) is 0 Å². The predicted molar refractivity (Wildman–Crippen MR) is 124 cm³/mol. The van der Waals surface area contributed by atoms with Gasteiger partial charge in [0.05, 0.1) is 25.0 Å². The number of esters is 2. The van der Waals surface area contributed by atoms with Gasteiger partial charge in [-0.3, -0.25) is 9.59 Å². The Kier molecular flexibility index (Phi) is 10.2. The van der Waals surface area contributed by atoms with Gasteiger partial charge in [0.15, 0.2) is 0 Å². The van der Waals surface area contributed by atoms with Crippen molar-refractivity contribution in [1.29, 1.82) is 0 Å². The topological polar surface area (TPSA) is 112 Å². The molecule has 0 bridgehead atoms. The van der Waals surface area contributed by atoms with Gasteiger partial charge in [-0.15, -0.1) is 0 Å². The average Bonchev–Trinajstić information content (AvgIpc) is 2.86. The number of hydrogen-bond acceptors (Lipinski definition) is 8. The van der Waals surface area contributed by atoms with E-state index in [9.17, 15) is 9.59 Å². The molecule has 0 unspecified atom stereocenters. The van der Waals surface area contributed by atoms with Crippen LogP contribution in [0, 0.1) is 11.8 Å². The van der Waals surface area contributed by atoms with Gasteiger partial charge in [-0.05, 0) is 74.2 Å². The van der Waals surface area contributed by atoms with Crippen molar-refractivity contribution in [2.75, 3.05) is 26.4 Å². The van der Waals surface area contributed by atoms with Gasteiger partial charge in [0.25, 0.3) is 0 Å². The lowest BCUT2D eigenvalue weighted by Gasteiger charge is -2.25. The van der Waals surface area contributed by atoms with Crippen molar-refractivity contribution < 1.29 is 38.7 Å². The summed E-state index contributed by atoms with van der Waals surface area (Å²) < 4.78 is 21.9. The van der Waals surface area contributed by atoms with Gasteiger partial charge >= 0.3 is 11.9 Å². The van der Waals surface area contributed by atoms with E-state index in [1.54, 1.807) is 48.5 Å². The molecule has 0 amide bonds. The normalized spacial score (nSPS) is 17.6. The fraction of sp³-hybridized carbons (Fsp3) is 0.462. The van der Waals surface area contributed by atoms with Crippen molar-refractivity contribution in [3.8, 4) is 23.0 Å². The van der Waals surface area contributed by atoms with Crippen molar-refractivity contribution in [1.82, 2.24) is 0 Å². The molecule has 3 rings (SSSR count). The number of carbonyl (C=O) groups excluding carboxylic acids is 2. The van der Waals surface area contributed by atoms with Crippen LogP contribution in [0.3, 0.4) is 0 Å². The zero-order chi connectivity index (χ0) is 24.2. The minimum absolute atomic E-state index is 0.0743. The van der Waals surface area contributed by atoms with Crippen LogP contribution in [0.15, 0.2) is 48.5 Å². The highest BCUT2D eigenvalue weighted by atomic mass is 16.5. The monoisotopic (exact) mass is 472 g/mol. The number of rotatable bonds is 12. The van der Waals surface area contributed by atoms with Gasteiger partial charge < -0.3 is 29.2 Å². The van der Waals surface area contributed by atoms with Crippen molar-refractivity contribution >= 4 is 11.9 Å². The Bertz CT molecular complexity index is 811. The molecule has 34 heavy (non-hydrogen) atoms. The lowest BCUT2D eigenvalue weighted by molar-refractivity contribution is -0.145. The first-order chi connectivity index (χ1) is 16.6. The fourth-order valence-electron chi connectivity index (χ4n) is 3.68. The van der Waals surface area contributed by atoms with Gasteiger partial charge in [-0.25, -0.2) is 0 Å². The first kappa shape index (κ1) is 25.5. The van der Waals surface area contributed by atoms with Crippen LogP contribution in [0.25, 0.3) is 0 Å². The predicted octanol–water partition coefficient (Wildman–Crippen LogP) is 3.53. The van der Waals surface area contributed by atoms with Gasteiger partial charge in [0.1, 0.15) is 23.0 Å². The summed E-state index contributed by atoms with van der Waals surface area (Å²) in [4.78, 5) is 25.1. The maximum absolute atomic E-state index is 12.5. The molecule has 0 spiro atoms. The molecule has 0 aromatic heterocycles. The molecule has 8 heteroatoms. The summed E-state index contributed by atoms with van der Waals surface area (Å²) >= 11 is 0. The average molecular weight is 473 g/mol. The SMILES string of the molecule is O=C(Oc1ccc(OCCCO)cc1)C1CCC(C(=O)Oc2ccc(OCCCO)cc2)CC1. The Morgan fingerprint density at radius 3 is 1.26 bits per heavy atom. The largest absolute Gasteiger partial charge is 0.494 e. The molecule has 0 atom stereocenters. The van der Waals surface area contributed by atoms with Gasteiger partial charge in [-0.2, -0.15) is 0 Å². The molecule has 2 N–H and O–H groups in total. The second kappa shape index (κ2) is 13.6. The number of hydrogen-bond donors (Lipinski definition) is 2. The number of aliphatic hydroxyl groups is 2. The highest BCUT2D eigenvalue weighted by Crippen LogP contribution is 2.32. The first-order valence-electron chi connectivity index (χ1n) is 11.7. The molecule has 184 valence electrons. The second-order valence-electron chi connectivity index (χ2n) is 8.18. The molecule has 0 heterocycles. The van der Waals surface area contributed by atoms with Crippen LogP contribution in [-0.4, -0.2) is 48.6 Å². The standard InChI is InChI=1S/C26H32O8/c27-15-1-17-31-21-7-11-23(12-8-21)33-25(29)19-3-5-20(6-4-19)26(30)34-24-13-9-22(10-14-24)32-18-2-16-28/h7-14,19-20,27-28H,1-6,15-18H2. The third kappa shape index (κ3) is 8.04. The van der Waals surface area contributed by atoms with Crippen LogP contribution in [0.1, 0.15) is 38.5 Å². The van der Waals surface area contributed by atoms with E-state index in [2.05, 4.69) is 0 Å². The van der Waals surface area contributed by atoms with E-state index in [0.29, 0.717) is 74.7 Å². The zero-order valence-electron chi connectivity index (χ0n) is 19.2. The highest BCUT2D eigenvalue weighted by molar-refractivity contribution is 5.77. The van der Waals surface area contributed by atoms with E-state index in [4.69, 9.17) is 29.2 Å². The van der Waals surface area contributed by atoms with E-state index in [1.165, 1.54) is 0 Å². The minimum Gasteiger partial charge on any atom is -0.494 e. The zero-order valence-corrected chi connectivity index (χ0v) is 19.2. The number of ether oxygens (including phenoxy) is 4. The summed E-state index contributed by atoms with van der Waals surface area (Å²) in [7, 11) is 0. The van der Waals surface area contributed by atoms with E-state index < -0.39 is 0 Å². The van der Waals surface area contributed by atoms with Crippen molar-refractivity contribution in [3.63, 3.8) is 0 Å². The third-order valence-electron chi connectivity index (χ3n) is 5.62. The molecule has 1 aliphatic rings. The Morgan fingerprint density at radius 2 is 0.941 bits per heavy atom. The van der Waals surface area contributed by atoms with Gasteiger partial charge in [-0.1, -0.05) is 0 Å². The molecule has 2 aromatic rings. The fourth-order valence-corrected chi connectivity index (χ4v) is 3.68. The molecule has 1 fully saturated rings. The smallest absolute Gasteiger partial charge is 0.314 e. The molecule has 0 aliphatic heterocycles. The number of benzene rings is 2. The molecular weight excluding hydrogens is 440 g/mol. The van der Waals surface area contributed by atoms with Crippen LogP contribution < -0.4 is 18.9 Å². The van der Waals surface area contributed by atoms with E-state index >= 15 is 0 Å². The Hall–Kier alpha value is -3.10. The summed E-state index contributed by atoms with van der Waals surface area (Å²) in [5, 5.41) is 17.6. The van der Waals surface area contributed by atoms with Crippen LogP contribution in [0.2, 0.25) is 0 Å². The lowest BCUT2D eigenvalue weighted by Crippen LogP contribution is -2.30. The van der Waals surface area contributed by atoms with Gasteiger partial charge in [0, 0.05) is 26.1 Å². The van der Waals surface area contributed by atoms with Crippen LogP contribution in [0.5, 0.6) is 23.0 Å². The Morgan fingerprint density at radius 1 is 0.618 bits per heavy atom. The van der Waals surface area contributed by atoms with Crippen LogP contribution >= 0.6 is 0 Å². The quantitative estimate of drug-likeness (QED) is 0.274. The molecule has 1 aliphatic carbocycles. The maximum atomic E-state index is 12.5. The Balaban J connectivity index is 1.40. The highest BCUT2D eigenvalue weighted by Gasteiger charge is 2.32. The molecule has 2 aromatic carbocycles. The molecule has 0 saturated heterocycles. The number of aliphatic hydroxyl groups excluding tert-OH is 2. The second-order valence-corrected chi connectivity index (χ2v) is 8.18. The van der Waals surface area contributed by atoms with Crippen molar-refractivity contribution in [3.05, 3.63) is 48.5 Å². The van der Waals surface area contributed by atoms with Crippen molar-refractivity contribution in [2.45, 2.75) is 38.5 Å². The third-order valence-corrected chi connectivity index (χ3v) is 5.62. The first-order valence-corrected chi connectivity index (χ1v) is 11.7. The summed E-state index contributed by atoms with van der Waals surface area (Å²) in [5.41, 5.74) is 0. The van der Waals surface area contributed by atoms with Crippen molar-refractivity contribution in [2.24, 2.45) is 11.8 Å². The number of carbonyl (C=O) groups is 2.